The van der Waals surface area contributed by atoms with Gasteiger partial charge in [-0.15, -0.1) is 0 Å². The minimum Gasteiger partial charge on any atom is -0.299 e. The van der Waals surface area contributed by atoms with E-state index in [1.165, 1.54) is 22.6 Å². The largest absolute Gasteiger partial charge is 0.299 e. The summed E-state index contributed by atoms with van der Waals surface area (Å²) in [6.07, 6.45) is 4.35. The van der Waals surface area contributed by atoms with Crippen LogP contribution in [0.5, 0.6) is 0 Å². The lowest BCUT2D eigenvalue weighted by Gasteiger charge is -2.26. The molecule has 4 heteroatoms. The first kappa shape index (κ1) is 19.9. The van der Waals surface area contributed by atoms with Crippen molar-refractivity contribution in [3.63, 3.8) is 0 Å². The predicted octanol–water partition coefficient (Wildman–Crippen LogP) is 4.05. The van der Waals surface area contributed by atoms with E-state index >= 15 is 0 Å². The van der Waals surface area contributed by atoms with E-state index in [1.54, 1.807) is 0 Å². The van der Waals surface area contributed by atoms with Crippen molar-refractivity contribution in [3.8, 4) is 0 Å². The van der Waals surface area contributed by atoms with Crippen molar-refractivity contribution < 1.29 is 0 Å². The fraction of sp³-hybridized carbons (Fsp3) is 0.667. The molecular weight excluding hydrogens is 308 g/mol. The molecule has 0 saturated heterocycles. The smallest absolute Gasteiger partial charge is 0.0233 e. The van der Waals surface area contributed by atoms with Gasteiger partial charge in [-0.3, -0.25) is 9.80 Å². The Labute approximate surface area is 146 Å². The van der Waals surface area contributed by atoms with Gasteiger partial charge in [0, 0.05) is 36.7 Å². The summed E-state index contributed by atoms with van der Waals surface area (Å²) < 4.78 is 0. The van der Waals surface area contributed by atoms with Crippen molar-refractivity contribution in [2.75, 3.05) is 38.1 Å². The van der Waals surface area contributed by atoms with Crippen molar-refractivity contribution in [3.05, 3.63) is 35.4 Å². The zero-order valence-electron chi connectivity index (χ0n) is 15.0. The second-order valence-electron chi connectivity index (χ2n) is 6.26. The molecule has 0 bridgehead atoms. The van der Waals surface area contributed by atoms with Gasteiger partial charge >= 0.3 is 0 Å². The van der Waals surface area contributed by atoms with Crippen LogP contribution in [0, 0.1) is 0 Å². The standard InChI is InChI=1S/C18H32N2S2/c1-15(13-21-5)19(3)11-17-8-7-9-18(10-17)12-20(4)16(2)14-22-6/h7-10,15-16H,11-14H2,1-6H3/t15-,16+. The van der Waals surface area contributed by atoms with E-state index in [4.69, 9.17) is 0 Å². The zero-order chi connectivity index (χ0) is 16.5. The Hall–Kier alpha value is -0.160. The fourth-order valence-electron chi connectivity index (χ4n) is 2.45. The second-order valence-corrected chi connectivity index (χ2v) is 8.08. The summed E-state index contributed by atoms with van der Waals surface area (Å²) in [6.45, 7) is 6.66. The summed E-state index contributed by atoms with van der Waals surface area (Å²) in [6, 6.07) is 10.3. The van der Waals surface area contributed by atoms with E-state index in [1.807, 2.05) is 23.5 Å². The molecule has 2 nitrogen and oxygen atoms in total. The average molecular weight is 341 g/mol. The minimum absolute atomic E-state index is 0.614. The number of hydrogen-bond donors (Lipinski definition) is 0. The highest BCUT2D eigenvalue weighted by atomic mass is 32.2. The Morgan fingerprint density at radius 1 is 0.864 bits per heavy atom. The Morgan fingerprint density at radius 2 is 1.27 bits per heavy atom. The molecule has 2 atom stereocenters. The molecule has 1 rings (SSSR count). The van der Waals surface area contributed by atoms with Crippen LogP contribution >= 0.6 is 23.5 Å². The lowest BCUT2D eigenvalue weighted by Crippen LogP contribution is -2.31. The van der Waals surface area contributed by atoms with E-state index in [0.29, 0.717) is 12.1 Å². The molecule has 0 aliphatic heterocycles. The topological polar surface area (TPSA) is 6.48 Å². The maximum absolute atomic E-state index is 2.44. The van der Waals surface area contributed by atoms with Gasteiger partial charge in [-0.2, -0.15) is 23.5 Å². The molecule has 0 fully saturated rings. The first-order chi connectivity index (χ1) is 10.5. The number of benzene rings is 1. The van der Waals surface area contributed by atoms with Crippen LogP contribution in [0.2, 0.25) is 0 Å². The molecule has 1 aromatic carbocycles. The van der Waals surface area contributed by atoms with Crippen molar-refractivity contribution >= 4 is 23.5 Å². The Bertz CT molecular complexity index is 390. The van der Waals surface area contributed by atoms with Crippen molar-refractivity contribution in [1.82, 2.24) is 9.80 Å². The summed E-state index contributed by atoms with van der Waals surface area (Å²) in [5, 5.41) is 0. The maximum Gasteiger partial charge on any atom is 0.0233 e. The van der Waals surface area contributed by atoms with Crippen LogP contribution in [-0.4, -0.2) is 60.0 Å². The highest BCUT2D eigenvalue weighted by molar-refractivity contribution is 7.98. The van der Waals surface area contributed by atoms with Gasteiger partial charge < -0.3 is 0 Å². The number of hydrogen-bond acceptors (Lipinski definition) is 4. The van der Waals surface area contributed by atoms with Crippen LogP contribution in [0.1, 0.15) is 25.0 Å². The van der Waals surface area contributed by atoms with Crippen LogP contribution in [-0.2, 0) is 13.1 Å². The molecule has 0 aliphatic rings. The molecule has 0 N–H and O–H groups in total. The van der Waals surface area contributed by atoms with Crippen LogP contribution in [0.25, 0.3) is 0 Å². The Balaban J connectivity index is 2.62. The van der Waals surface area contributed by atoms with Crippen molar-refractivity contribution in [1.29, 1.82) is 0 Å². The van der Waals surface area contributed by atoms with Gasteiger partial charge in [0.15, 0.2) is 0 Å². The van der Waals surface area contributed by atoms with Crippen LogP contribution in [0.4, 0.5) is 0 Å². The number of rotatable bonds is 10. The molecule has 126 valence electrons. The first-order valence-electron chi connectivity index (χ1n) is 7.94. The summed E-state index contributed by atoms with van der Waals surface area (Å²) in [4.78, 5) is 4.88. The quantitative estimate of drug-likeness (QED) is 0.633. The van der Waals surface area contributed by atoms with E-state index in [9.17, 15) is 0 Å². The Kier molecular flexibility index (Phi) is 9.57. The SMILES string of the molecule is CSC[C@@H](C)N(C)Cc1cccc(CN(C)[C@@H](C)CSC)c1. The summed E-state index contributed by atoms with van der Waals surface area (Å²) >= 11 is 3.84. The second kappa shape index (κ2) is 10.6. The minimum atomic E-state index is 0.614. The molecule has 0 aliphatic carbocycles. The zero-order valence-corrected chi connectivity index (χ0v) is 16.6. The lowest BCUT2D eigenvalue weighted by molar-refractivity contribution is 0.265. The van der Waals surface area contributed by atoms with Crippen LogP contribution < -0.4 is 0 Å². The van der Waals surface area contributed by atoms with Crippen LogP contribution in [0.3, 0.4) is 0 Å². The summed E-state index contributed by atoms with van der Waals surface area (Å²) in [7, 11) is 4.44. The van der Waals surface area contributed by atoms with Crippen LogP contribution in [0.15, 0.2) is 24.3 Å². The van der Waals surface area contributed by atoms with Gasteiger partial charge in [0.2, 0.25) is 0 Å². The van der Waals surface area contributed by atoms with Gasteiger partial charge in [0.1, 0.15) is 0 Å². The van der Waals surface area contributed by atoms with Gasteiger partial charge in [0.05, 0.1) is 0 Å². The molecule has 0 heterocycles. The van der Waals surface area contributed by atoms with Gasteiger partial charge in [-0.05, 0) is 51.6 Å². The molecule has 1 aromatic rings. The summed E-state index contributed by atoms with van der Waals surface area (Å²) in [5.74, 6) is 2.37. The fourth-order valence-corrected chi connectivity index (χ4v) is 3.92. The highest BCUT2D eigenvalue weighted by Gasteiger charge is 2.11. The third kappa shape index (κ3) is 6.95. The molecule has 0 unspecified atom stereocenters. The maximum atomic E-state index is 2.44. The van der Waals surface area contributed by atoms with Gasteiger partial charge in [-0.25, -0.2) is 0 Å². The van der Waals surface area contributed by atoms with Crippen molar-refractivity contribution in [2.24, 2.45) is 0 Å². The highest BCUT2D eigenvalue weighted by Crippen LogP contribution is 2.14. The van der Waals surface area contributed by atoms with E-state index < -0.39 is 0 Å². The first-order valence-corrected chi connectivity index (χ1v) is 10.7. The normalized spacial score (nSPS) is 14.5. The van der Waals surface area contributed by atoms with E-state index in [-0.39, 0.29) is 0 Å². The van der Waals surface area contributed by atoms with Gasteiger partial charge in [0.25, 0.3) is 0 Å². The van der Waals surface area contributed by atoms with Gasteiger partial charge in [-0.1, -0.05) is 24.3 Å². The molecule has 0 amide bonds. The Morgan fingerprint density at radius 3 is 1.64 bits per heavy atom. The summed E-state index contributed by atoms with van der Waals surface area (Å²) in [5.41, 5.74) is 2.83. The average Bonchev–Trinajstić information content (AvgIpc) is 2.48. The molecular formula is C18H32N2S2. The molecule has 0 aromatic heterocycles. The lowest BCUT2D eigenvalue weighted by atomic mass is 10.1. The molecule has 0 radical (unpaired) electrons. The monoisotopic (exact) mass is 340 g/mol. The molecule has 22 heavy (non-hydrogen) atoms. The predicted molar refractivity (Wildman–Crippen MR) is 105 cm³/mol. The number of nitrogens with zero attached hydrogens (tertiary/aromatic N) is 2. The van der Waals surface area contributed by atoms with E-state index in [2.05, 4.69) is 74.5 Å². The number of thioether (sulfide) groups is 2. The molecule has 0 spiro atoms. The molecule has 0 saturated carbocycles. The third-order valence-corrected chi connectivity index (χ3v) is 5.81. The third-order valence-electron chi connectivity index (χ3n) is 4.18. The van der Waals surface area contributed by atoms with Crippen molar-refractivity contribution in [2.45, 2.75) is 39.0 Å². The van der Waals surface area contributed by atoms with E-state index in [0.717, 1.165) is 13.1 Å².